The highest BCUT2D eigenvalue weighted by atomic mass is 16.2. The summed E-state index contributed by atoms with van der Waals surface area (Å²) in [4.78, 5) is 23.6. The van der Waals surface area contributed by atoms with Crippen LogP contribution in [0.4, 0.5) is 0 Å². The molecule has 1 rings (SSSR count). The molecule has 0 fully saturated rings. The number of carbonyl (C=O) groups is 2. The maximum absolute atomic E-state index is 11.8. The molecule has 0 bridgehead atoms. The Morgan fingerprint density at radius 1 is 0.897 bits per heavy atom. The molecule has 0 aliphatic rings. The lowest BCUT2D eigenvalue weighted by Gasteiger charge is -2.05. The van der Waals surface area contributed by atoms with Crippen molar-refractivity contribution in [1.82, 2.24) is 10.7 Å². The van der Waals surface area contributed by atoms with Crippen LogP contribution in [0.3, 0.4) is 0 Å². The molecule has 160 valence electrons. The van der Waals surface area contributed by atoms with Gasteiger partial charge in [-0.05, 0) is 24.5 Å². The van der Waals surface area contributed by atoms with Crippen LogP contribution in [0, 0.1) is 0 Å². The topological polar surface area (TPSA) is 70.6 Å². The highest BCUT2D eigenvalue weighted by molar-refractivity contribution is 5.87. The first-order chi connectivity index (χ1) is 14.1. The standard InChI is InChI=1S/C24H37N3O2/c1-3-4-5-6-7-8-9-10-14-17-23(28)25-20-24(29)27-26-19-21(2)18-22-15-12-11-13-16-22/h11-13,15-16,18-19H,3-10,14,17,20H2,1-2H3,(H,25,28)(H,27,29)/b21-18-,26-19-. The first-order valence-corrected chi connectivity index (χ1v) is 10.9. The van der Waals surface area contributed by atoms with Gasteiger partial charge in [-0.25, -0.2) is 5.43 Å². The summed E-state index contributed by atoms with van der Waals surface area (Å²) >= 11 is 0. The third-order valence-electron chi connectivity index (χ3n) is 4.60. The minimum Gasteiger partial charge on any atom is -0.347 e. The molecule has 2 amide bonds. The Bertz CT molecular complexity index is 639. The van der Waals surface area contributed by atoms with Gasteiger partial charge in [0.15, 0.2) is 0 Å². The quantitative estimate of drug-likeness (QED) is 0.241. The number of hydrogen-bond donors (Lipinski definition) is 2. The van der Waals surface area contributed by atoms with Gasteiger partial charge in [0.1, 0.15) is 0 Å². The number of rotatable bonds is 15. The largest absolute Gasteiger partial charge is 0.347 e. The van der Waals surface area contributed by atoms with Crippen LogP contribution in [0.5, 0.6) is 0 Å². The summed E-state index contributed by atoms with van der Waals surface area (Å²) in [6.45, 7) is 4.10. The molecule has 0 radical (unpaired) electrons. The fourth-order valence-corrected chi connectivity index (χ4v) is 2.96. The Balaban J connectivity index is 2.06. The number of benzene rings is 1. The summed E-state index contributed by atoms with van der Waals surface area (Å²) in [5.74, 6) is -0.401. The Morgan fingerprint density at radius 2 is 1.52 bits per heavy atom. The lowest BCUT2D eigenvalue weighted by Crippen LogP contribution is -2.34. The van der Waals surface area contributed by atoms with Gasteiger partial charge in [0.2, 0.25) is 5.91 Å². The van der Waals surface area contributed by atoms with Crippen LogP contribution < -0.4 is 10.7 Å². The number of nitrogens with zero attached hydrogens (tertiary/aromatic N) is 1. The van der Waals surface area contributed by atoms with E-state index in [1.165, 1.54) is 44.9 Å². The predicted molar refractivity (Wildman–Crippen MR) is 122 cm³/mol. The molecule has 1 aromatic rings. The first-order valence-electron chi connectivity index (χ1n) is 10.9. The normalized spacial score (nSPS) is 11.6. The van der Waals surface area contributed by atoms with Crippen molar-refractivity contribution in [1.29, 1.82) is 0 Å². The molecule has 0 aliphatic carbocycles. The summed E-state index contributed by atoms with van der Waals surface area (Å²) in [6, 6.07) is 9.90. The minimum atomic E-state index is -0.325. The van der Waals surface area contributed by atoms with E-state index in [2.05, 4.69) is 22.8 Å². The average molecular weight is 400 g/mol. The fourth-order valence-electron chi connectivity index (χ4n) is 2.96. The maximum Gasteiger partial charge on any atom is 0.259 e. The van der Waals surface area contributed by atoms with Crippen LogP contribution in [0.2, 0.25) is 0 Å². The van der Waals surface area contributed by atoms with E-state index in [1.807, 2.05) is 43.3 Å². The van der Waals surface area contributed by atoms with Gasteiger partial charge in [0.25, 0.3) is 5.91 Å². The minimum absolute atomic E-state index is 0.0466. The number of hydrogen-bond acceptors (Lipinski definition) is 3. The van der Waals surface area contributed by atoms with Crippen molar-refractivity contribution in [3.05, 3.63) is 41.5 Å². The lowest BCUT2D eigenvalue weighted by atomic mass is 10.1. The highest BCUT2D eigenvalue weighted by Crippen LogP contribution is 2.10. The molecule has 0 heterocycles. The van der Waals surface area contributed by atoms with Crippen LogP contribution in [-0.4, -0.2) is 24.6 Å². The third-order valence-corrected chi connectivity index (χ3v) is 4.60. The number of hydrazone groups is 1. The molecule has 5 nitrogen and oxygen atoms in total. The molecule has 0 spiro atoms. The highest BCUT2D eigenvalue weighted by Gasteiger charge is 2.04. The van der Waals surface area contributed by atoms with E-state index in [4.69, 9.17) is 0 Å². The number of amides is 2. The molecule has 0 saturated heterocycles. The summed E-state index contributed by atoms with van der Waals surface area (Å²) in [5.41, 5.74) is 4.43. The molecule has 5 heteroatoms. The van der Waals surface area contributed by atoms with Gasteiger partial charge in [0.05, 0.1) is 12.8 Å². The Hall–Kier alpha value is -2.43. The smallest absolute Gasteiger partial charge is 0.259 e. The molecular formula is C24H37N3O2. The number of unbranched alkanes of at least 4 members (excludes halogenated alkanes) is 8. The Kier molecular flexibility index (Phi) is 14.0. The van der Waals surface area contributed by atoms with Gasteiger partial charge < -0.3 is 5.32 Å². The van der Waals surface area contributed by atoms with Crippen molar-refractivity contribution in [3.63, 3.8) is 0 Å². The van der Waals surface area contributed by atoms with E-state index in [0.29, 0.717) is 6.42 Å². The molecule has 0 aromatic heterocycles. The predicted octanol–water partition coefficient (Wildman–Crippen LogP) is 5.23. The van der Waals surface area contributed by atoms with Crippen molar-refractivity contribution >= 4 is 24.1 Å². The summed E-state index contributed by atoms with van der Waals surface area (Å²) in [5, 5.41) is 6.57. The van der Waals surface area contributed by atoms with E-state index in [0.717, 1.165) is 24.0 Å². The van der Waals surface area contributed by atoms with Crippen molar-refractivity contribution in [2.75, 3.05) is 6.54 Å². The number of allylic oxidation sites excluding steroid dienone is 1. The average Bonchev–Trinajstić information content (AvgIpc) is 2.71. The van der Waals surface area contributed by atoms with Crippen LogP contribution in [-0.2, 0) is 9.59 Å². The Morgan fingerprint density at radius 3 is 2.17 bits per heavy atom. The molecule has 0 atom stereocenters. The number of carbonyl (C=O) groups excluding carboxylic acids is 2. The van der Waals surface area contributed by atoms with E-state index in [9.17, 15) is 9.59 Å². The number of nitrogens with one attached hydrogen (secondary N) is 2. The third kappa shape index (κ3) is 14.3. The zero-order chi connectivity index (χ0) is 21.2. The van der Waals surface area contributed by atoms with E-state index in [1.54, 1.807) is 6.21 Å². The van der Waals surface area contributed by atoms with Gasteiger partial charge >= 0.3 is 0 Å². The lowest BCUT2D eigenvalue weighted by molar-refractivity contribution is -0.126. The Labute approximate surface area is 176 Å². The van der Waals surface area contributed by atoms with Crippen LogP contribution >= 0.6 is 0 Å². The zero-order valence-corrected chi connectivity index (χ0v) is 18.1. The molecule has 29 heavy (non-hydrogen) atoms. The van der Waals surface area contributed by atoms with Crippen LogP contribution in [0.15, 0.2) is 41.0 Å². The van der Waals surface area contributed by atoms with Crippen LogP contribution in [0.1, 0.15) is 83.6 Å². The van der Waals surface area contributed by atoms with E-state index >= 15 is 0 Å². The molecular weight excluding hydrogens is 362 g/mol. The van der Waals surface area contributed by atoms with Crippen molar-refractivity contribution in [3.8, 4) is 0 Å². The van der Waals surface area contributed by atoms with Gasteiger partial charge in [-0.1, -0.05) is 94.7 Å². The van der Waals surface area contributed by atoms with Crippen molar-refractivity contribution in [2.45, 2.75) is 78.1 Å². The van der Waals surface area contributed by atoms with Gasteiger partial charge in [-0.2, -0.15) is 5.10 Å². The summed E-state index contributed by atoms with van der Waals surface area (Å²) < 4.78 is 0. The second kappa shape index (κ2) is 16.5. The molecule has 2 N–H and O–H groups in total. The van der Waals surface area contributed by atoms with Gasteiger partial charge in [-0.15, -0.1) is 0 Å². The van der Waals surface area contributed by atoms with E-state index < -0.39 is 0 Å². The monoisotopic (exact) mass is 399 g/mol. The summed E-state index contributed by atoms with van der Waals surface area (Å²) in [7, 11) is 0. The molecule has 1 aromatic carbocycles. The fraction of sp³-hybridized carbons (Fsp3) is 0.542. The van der Waals surface area contributed by atoms with Crippen LogP contribution in [0.25, 0.3) is 6.08 Å². The van der Waals surface area contributed by atoms with Gasteiger partial charge in [-0.3, -0.25) is 9.59 Å². The first kappa shape index (κ1) is 24.6. The molecule has 0 unspecified atom stereocenters. The SMILES string of the molecule is CCCCCCCCCCCC(=O)NCC(=O)N/N=C\C(C)=C/c1ccccc1. The van der Waals surface area contributed by atoms with Crippen molar-refractivity contribution < 1.29 is 9.59 Å². The second-order valence-electron chi connectivity index (χ2n) is 7.45. The van der Waals surface area contributed by atoms with E-state index in [-0.39, 0.29) is 18.4 Å². The zero-order valence-electron chi connectivity index (χ0n) is 18.1. The van der Waals surface area contributed by atoms with Gasteiger partial charge in [0, 0.05) is 6.42 Å². The molecule has 0 saturated carbocycles. The summed E-state index contributed by atoms with van der Waals surface area (Å²) in [6.07, 6.45) is 15.0. The van der Waals surface area contributed by atoms with Crippen molar-refractivity contribution in [2.24, 2.45) is 5.10 Å². The molecule has 0 aliphatic heterocycles. The second-order valence-corrected chi connectivity index (χ2v) is 7.45. The maximum atomic E-state index is 11.8.